The van der Waals surface area contributed by atoms with Crippen LogP contribution >= 0.6 is 0 Å². The number of hydrogen-bond donors (Lipinski definition) is 2. The number of urea groups is 1. The Balaban J connectivity index is 2.09. The van der Waals surface area contributed by atoms with Crippen LogP contribution in [0, 0.1) is 0 Å². The number of amides is 2. The molecular weight excluding hydrogens is 312 g/mol. The van der Waals surface area contributed by atoms with Crippen LogP contribution in [-0.2, 0) is 0 Å². The first-order chi connectivity index (χ1) is 11.7. The van der Waals surface area contributed by atoms with E-state index in [0.717, 1.165) is 0 Å². The van der Waals surface area contributed by atoms with Crippen LogP contribution in [0.15, 0.2) is 30.5 Å². The largest absolute Gasteiger partial charge is 0.497 e. The number of benzene rings is 1. The number of anilines is 2. The Morgan fingerprint density at radius 2 is 1.96 bits per heavy atom. The molecule has 1 aromatic carbocycles. The van der Waals surface area contributed by atoms with Crippen molar-refractivity contribution in [1.29, 1.82) is 0 Å². The molecule has 2 aromatic rings. The molecule has 1 heterocycles. The minimum absolute atomic E-state index is 0.194. The third kappa shape index (κ3) is 4.73. The van der Waals surface area contributed by atoms with Crippen molar-refractivity contribution in [3.05, 3.63) is 30.5 Å². The van der Waals surface area contributed by atoms with Gasteiger partial charge in [-0.1, -0.05) is 6.07 Å². The van der Waals surface area contributed by atoms with Crippen LogP contribution in [0.2, 0.25) is 0 Å². The second-order valence-electron chi connectivity index (χ2n) is 4.55. The number of nitrogens with zero attached hydrogens (tertiary/aromatic N) is 2. The molecule has 0 aliphatic rings. The average Bonchev–Trinajstić information content (AvgIpc) is 2.58. The van der Waals surface area contributed by atoms with Gasteiger partial charge in [0, 0.05) is 11.8 Å². The molecule has 0 saturated carbocycles. The molecule has 128 valence electrons. The Morgan fingerprint density at radius 1 is 1.17 bits per heavy atom. The molecule has 24 heavy (non-hydrogen) atoms. The number of carbonyl (C=O) groups is 1. The first kappa shape index (κ1) is 17.3. The molecule has 2 amide bonds. The molecule has 0 spiro atoms. The quantitative estimate of drug-likeness (QED) is 0.809. The standard InChI is InChI=1S/C16H20N4O4/c1-4-23-14-13(10-17-16(20-14)24-5-2)19-15(21)18-11-7-6-8-12(9-11)22-3/h6-10H,4-5H2,1-3H3,(H2,18,19,21). The van der Waals surface area contributed by atoms with Gasteiger partial charge in [-0.05, 0) is 26.0 Å². The lowest BCUT2D eigenvalue weighted by Gasteiger charge is -2.12. The van der Waals surface area contributed by atoms with Gasteiger partial charge in [0.25, 0.3) is 0 Å². The maximum Gasteiger partial charge on any atom is 0.323 e. The Bertz CT molecular complexity index is 694. The van der Waals surface area contributed by atoms with Crippen LogP contribution < -0.4 is 24.8 Å². The first-order valence-electron chi connectivity index (χ1n) is 7.51. The SMILES string of the molecule is CCOc1ncc(NC(=O)Nc2cccc(OC)c2)c(OCC)n1. The van der Waals surface area contributed by atoms with E-state index in [0.29, 0.717) is 30.3 Å². The molecule has 0 atom stereocenters. The summed E-state index contributed by atoms with van der Waals surface area (Å²) in [6.45, 7) is 4.49. The van der Waals surface area contributed by atoms with E-state index in [1.54, 1.807) is 31.4 Å². The molecule has 0 aliphatic heterocycles. The maximum atomic E-state index is 12.1. The molecule has 8 heteroatoms. The number of hydrogen-bond acceptors (Lipinski definition) is 6. The van der Waals surface area contributed by atoms with Gasteiger partial charge in [0.05, 0.1) is 26.5 Å². The van der Waals surface area contributed by atoms with Crippen molar-refractivity contribution in [3.8, 4) is 17.6 Å². The molecule has 0 bridgehead atoms. The summed E-state index contributed by atoms with van der Waals surface area (Å²) in [7, 11) is 1.56. The van der Waals surface area contributed by atoms with Crippen LogP contribution in [0.5, 0.6) is 17.6 Å². The van der Waals surface area contributed by atoms with Gasteiger partial charge in [0.2, 0.25) is 5.88 Å². The van der Waals surface area contributed by atoms with Crippen LogP contribution in [0.3, 0.4) is 0 Å². The van der Waals surface area contributed by atoms with Crippen molar-refractivity contribution in [2.75, 3.05) is 31.0 Å². The fourth-order valence-corrected chi connectivity index (χ4v) is 1.87. The maximum absolute atomic E-state index is 12.1. The molecule has 0 aliphatic carbocycles. The first-order valence-corrected chi connectivity index (χ1v) is 7.51. The highest BCUT2D eigenvalue weighted by Gasteiger charge is 2.12. The highest BCUT2D eigenvalue weighted by Crippen LogP contribution is 2.24. The lowest BCUT2D eigenvalue weighted by Crippen LogP contribution is -2.20. The summed E-state index contributed by atoms with van der Waals surface area (Å²) in [5.41, 5.74) is 0.942. The van der Waals surface area contributed by atoms with E-state index >= 15 is 0 Å². The highest BCUT2D eigenvalue weighted by molar-refractivity contribution is 6.00. The van der Waals surface area contributed by atoms with E-state index in [-0.39, 0.29) is 11.9 Å². The topological polar surface area (TPSA) is 94.6 Å². The van der Waals surface area contributed by atoms with E-state index in [2.05, 4.69) is 20.6 Å². The number of aromatic nitrogens is 2. The molecule has 0 radical (unpaired) electrons. The van der Waals surface area contributed by atoms with Crippen LogP contribution in [-0.4, -0.2) is 36.3 Å². The predicted molar refractivity (Wildman–Crippen MR) is 90.0 cm³/mol. The Hall–Kier alpha value is -3.03. The average molecular weight is 332 g/mol. The van der Waals surface area contributed by atoms with Gasteiger partial charge in [-0.25, -0.2) is 9.78 Å². The van der Waals surface area contributed by atoms with E-state index in [1.165, 1.54) is 6.20 Å². The van der Waals surface area contributed by atoms with Crippen LogP contribution in [0.1, 0.15) is 13.8 Å². The third-order valence-corrected chi connectivity index (χ3v) is 2.86. The minimum atomic E-state index is -0.447. The Morgan fingerprint density at radius 3 is 2.67 bits per heavy atom. The second-order valence-corrected chi connectivity index (χ2v) is 4.55. The van der Waals surface area contributed by atoms with Crippen LogP contribution in [0.25, 0.3) is 0 Å². The number of methoxy groups -OCH3 is 1. The fraction of sp³-hybridized carbons (Fsp3) is 0.312. The molecule has 8 nitrogen and oxygen atoms in total. The van der Waals surface area contributed by atoms with Crippen molar-refractivity contribution < 1.29 is 19.0 Å². The molecular formula is C16H20N4O4. The highest BCUT2D eigenvalue weighted by atomic mass is 16.5. The van der Waals surface area contributed by atoms with E-state index < -0.39 is 6.03 Å². The van der Waals surface area contributed by atoms with Gasteiger partial charge in [-0.2, -0.15) is 4.98 Å². The lowest BCUT2D eigenvalue weighted by atomic mass is 10.3. The zero-order chi connectivity index (χ0) is 17.4. The van der Waals surface area contributed by atoms with Gasteiger partial charge in [-0.15, -0.1) is 0 Å². The third-order valence-electron chi connectivity index (χ3n) is 2.86. The van der Waals surface area contributed by atoms with E-state index in [9.17, 15) is 4.79 Å². The zero-order valence-electron chi connectivity index (χ0n) is 13.8. The molecule has 0 fully saturated rings. The number of nitrogens with one attached hydrogen (secondary N) is 2. The van der Waals surface area contributed by atoms with E-state index in [1.807, 2.05) is 13.8 Å². The Kier molecular flexibility index (Phi) is 6.18. The molecule has 1 aromatic heterocycles. The predicted octanol–water partition coefficient (Wildman–Crippen LogP) is 2.93. The Labute approximate surface area is 140 Å². The molecule has 2 N–H and O–H groups in total. The van der Waals surface area contributed by atoms with Crippen molar-refractivity contribution in [3.63, 3.8) is 0 Å². The summed E-state index contributed by atoms with van der Waals surface area (Å²) >= 11 is 0. The fourth-order valence-electron chi connectivity index (χ4n) is 1.87. The molecule has 0 saturated heterocycles. The van der Waals surface area contributed by atoms with Gasteiger partial charge in [0.15, 0.2) is 0 Å². The summed E-state index contributed by atoms with van der Waals surface area (Å²) in [5, 5.41) is 5.36. The number of rotatable bonds is 7. The lowest BCUT2D eigenvalue weighted by molar-refractivity contribution is 0.261. The summed E-state index contributed by atoms with van der Waals surface area (Å²) in [6, 6.07) is 6.77. The second kappa shape index (κ2) is 8.56. The van der Waals surface area contributed by atoms with Crippen molar-refractivity contribution in [2.45, 2.75) is 13.8 Å². The van der Waals surface area contributed by atoms with Crippen molar-refractivity contribution in [1.82, 2.24) is 9.97 Å². The number of carbonyl (C=O) groups excluding carboxylic acids is 1. The monoisotopic (exact) mass is 332 g/mol. The van der Waals surface area contributed by atoms with E-state index in [4.69, 9.17) is 14.2 Å². The normalized spacial score (nSPS) is 9.96. The summed E-state index contributed by atoms with van der Waals surface area (Å²) < 4.78 is 15.8. The summed E-state index contributed by atoms with van der Waals surface area (Å²) in [4.78, 5) is 20.3. The smallest absolute Gasteiger partial charge is 0.323 e. The van der Waals surface area contributed by atoms with Gasteiger partial charge >= 0.3 is 12.0 Å². The molecule has 2 rings (SSSR count). The zero-order valence-corrected chi connectivity index (χ0v) is 13.8. The summed E-state index contributed by atoms with van der Waals surface area (Å²) in [5.74, 6) is 0.893. The van der Waals surface area contributed by atoms with Crippen molar-refractivity contribution >= 4 is 17.4 Å². The number of ether oxygens (including phenoxy) is 3. The summed E-state index contributed by atoms with van der Waals surface area (Å²) in [6.07, 6.45) is 1.44. The van der Waals surface area contributed by atoms with Gasteiger partial charge < -0.3 is 24.8 Å². The van der Waals surface area contributed by atoms with Gasteiger partial charge in [-0.3, -0.25) is 0 Å². The van der Waals surface area contributed by atoms with Crippen molar-refractivity contribution in [2.24, 2.45) is 0 Å². The molecule has 0 unspecified atom stereocenters. The van der Waals surface area contributed by atoms with Crippen LogP contribution in [0.4, 0.5) is 16.2 Å². The van der Waals surface area contributed by atoms with Gasteiger partial charge in [0.1, 0.15) is 11.4 Å². The minimum Gasteiger partial charge on any atom is -0.497 e.